The first-order chi connectivity index (χ1) is 11.1. The van der Waals surface area contributed by atoms with Crippen LogP contribution in [0.25, 0.3) is 0 Å². The Kier molecular flexibility index (Phi) is 6.89. The third kappa shape index (κ3) is 5.23. The molecule has 3 nitrogen and oxygen atoms in total. The number of fused-ring (bicyclic) bond motifs is 1. The Balaban J connectivity index is 1.93. The Morgan fingerprint density at radius 2 is 2.22 bits per heavy atom. The van der Waals surface area contributed by atoms with Gasteiger partial charge in [0.15, 0.2) is 0 Å². The van der Waals surface area contributed by atoms with Crippen molar-refractivity contribution in [1.82, 2.24) is 5.32 Å². The van der Waals surface area contributed by atoms with Crippen molar-refractivity contribution in [2.45, 2.75) is 23.7 Å². The van der Waals surface area contributed by atoms with Crippen LogP contribution >= 0.6 is 22.6 Å². The molecule has 1 atom stereocenters. The predicted octanol–water partition coefficient (Wildman–Crippen LogP) is 4.01. The van der Waals surface area contributed by atoms with E-state index in [0.717, 1.165) is 25.9 Å². The molecule has 4 heteroatoms. The molecule has 0 saturated carbocycles. The van der Waals surface area contributed by atoms with Gasteiger partial charge >= 0.3 is 0 Å². The van der Waals surface area contributed by atoms with E-state index in [2.05, 4.69) is 63.7 Å². The van der Waals surface area contributed by atoms with E-state index in [4.69, 9.17) is 0 Å². The van der Waals surface area contributed by atoms with E-state index in [-0.39, 0.29) is 9.83 Å². The zero-order valence-electron chi connectivity index (χ0n) is 13.5. The summed E-state index contributed by atoms with van der Waals surface area (Å²) in [5, 5.41) is 2.86. The van der Waals surface area contributed by atoms with Gasteiger partial charge in [0.25, 0.3) is 0 Å². The smallest absolute Gasteiger partial charge is 0.239 e. The summed E-state index contributed by atoms with van der Waals surface area (Å²) in [6.07, 6.45) is 9.77. The van der Waals surface area contributed by atoms with E-state index in [0.29, 0.717) is 5.70 Å². The zero-order valence-corrected chi connectivity index (χ0v) is 15.6. The van der Waals surface area contributed by atoms with Crippen molar-refractivity contribution >= 4 is 34.2 Å². The number of halogens is 1. The molecule has 1 N–H and O–H groups in total. The molecule has 0 unspecified atom stereocenters. The number of aryl methyl sites for hydroxylation is 1. The van der Waals surface area contributed by atoms with Crippen molar-refractivity contribution in [3.05, 3.63) is 66.4 Å². The first-order valence-electron chi connectivity index (χ1n) is 7.88. The highest BCUT2D eigenvalue weighted by atomic mass is 127. The molecule has 0 saturated heterocycles. The number of alkyl halides is 1. The van der Waals surface area contributed by atoms with Crippen LogP contribution in [0, 0.1) is 0 Å². The summed E-state index contributed by atoms with van der Waals surface area (Å²) in [5.74, 6) is 0.00350. The molecule has 23 heavy (non-hydrogen) atoms. The van der Waals surface area contributed by atoms with Crippen LogP contribution in [0.15, 0.2) is 60.8 Å². The second-order valence-corrected chi connectivity index (χ2v) is 7.05. The fraction of sp³-hybridized carbons (Fsp3) is 0.316. The van der Waals surface area contributed by atoms with Crippen molar-refractivity contribution in [2.24, 2.45) is 0 Å². The minimum absolute atomic E-state index is 0.00350. The predicted molar refractivity (Wildman–Crippen MR) is 106 cm³/mol. The first-order valence-corrected chi connectivity index (χ1v) is 9.12. The number of benzene rings is 1. The maximum atomic E-state index is 12.3. The number of hydrogen-bond donors (Lipinski definition) is 1. The average Bonchev–Trinajstić information content (AvgIpc) is 2.55. The van der Waals surface area contributed by atoms with Gasteiger partial charge in [-0.1, -0.05) is 65.6 Å². The van der Waals surface area contributed by atoms with E-state index in [1.807, 2.05) is 25.2 Å². The van der Waals surface area contributed by atoms with Crippen molar-refractivity contribution in [1.29, 1.82) is 0 Å². The second-order valence-electron chi connectivity index (χ2n) is 5.55. The van der Waals surface area contributed by atoms with Gasteiger partial charge < -0.3 is 10.2 Å². The Morgan fingerprint density at radius 3 is 3.00 bits per heavy atom. The highest BCUT2D eigenvalue weighted by Crippen LogP contribution is 2.27. The lowest BCUT2D eigenvalue weighted by Gasteiger charge is -2.32. The van der Waals surface area contributed by atoms with Crippen molar-refractivity contribution in [3.8, 4) is 0 Å². The molecular formula is C19H23IN2O. The molecule has 1 amide bonds. The maximum Gasteiger partial charge on any atom is 0.239 e. The third-order valence-corrected chi connectivity index (χ3v) is 4.72. The topological polar surface area (TPSA) is 32.3 Å². The molecule has 1 aliphatic heterocycles. The lowest BCUT2D eigenvalue weighted by Crippen LogP contribution is -2.41. The van der Waals surface area contributed by atoms with Crippen LogP contribution in [0.3, 0.4) is 0 Å². The molecule has 1 aliphatic rings. The number of allylic oxidation sites excluding steroid dienone is 4. The standard InChI is InChI=1S/C19H23IN2O/c1-3-4-5-9-15(2)21-19(23)17(20)14-22-13-8-11-16-10-6-7-12-18(16)22/h3-7,9-10,12,17H,2,8,11,13-14H2,1H3,(H,21,23)/b4-3-,9-5-/t17-/m1/s1. The van der Waals surface area contributed by atoms with Crippen LogP contribution in [-0.2, 0) is 11.2 Å². The fourth-order valence-corrected chi connectivity index (χ4v) is 3.27. The van der Waals surface area contributed by atoms with Gasteiger partial charge in [-0.2, -0.15) is 0 Å². The molecule has 0 radical (unpaired) electrons. The highest BCUT2D eigenvalue weighted by Gasteiger charge is 2.22. The Morgan fingerprint density at radius 1 is 1.43 bits per heavy atom. The highest BCUT2D eigenvalue weighted by molar-refractivity contribution is 14.1. The first kappa shape index (κ1) is 17.8. The van der Waals surface area contributed by atoms with E-state index in [9.17, 15) is 4.79 Å². The summed E-state index contributed by atoms with van der Waals surface area (Å²) in [6, 6.07) is 8.47. The second kappa shape index (κ2) is 8.91. The van der Waals surface area contributed by atoms with Crippen LogP contribution in [-0.4, -0.2) is 22.9 Å². The van der Waals surface area contributed by atoms with Gasteiger partial charge in [0, 0.05) is 24.5 Å². The van der Waals surface area contributed by atoms with Crippen molar-refractivity contribution in [3.63, 3.8) is 0 Å². The molecule has 1 heterocycles. The van der Waals surface area contributed by atoms with Crippen LogP contribution in [0.4, 0.5) is 5.69 Å². The number of amides is 1. The molecule has 1 aromatic carbocycles. The lowest BCUT2D eigenvalue weighted by molar-refractivity contribution is -0.119. The van der Waals surface area contributed by atoms with Crippen molar-refractivity contribution < 1.29 is 4.79 Å². The summed E-state index contributed by atoms with van der Waals surface area (Å²) < 4.78 is -0.120. The van der Waals surface area contributed by atoms with Gasteiger partial charge in [0.1, 0.15) is 3.92 Å². The summed E-state index contributed by atoms with van der Waals surface area (Å²) in [7, 11) is 0. The van der Waals surface area contributed by atoms with E-state index < -0.39 is 0 Å². The molecule has 0 spiro atoms. The maximum absolute atomic E-state index is 12.3. The number of hydrogen-bond acceptors (Lipinski definition) is 2. The van der Waals surface area contributed by atoms with E-state index in [1.165, 1.54) is 11.3 Å². The van der Waals surface area contributed by atoms with E-state index in [1.54, 1.807) is 6.08 Å². The average molecular weight is 422 g/mol. The molecule has 122 valence electrons. The summed E-state index contributed by atoms with van der Waals surface area (Å²) in [4.78, 5) is 14.6. The molecule has 0 aromatic heterocycles. The number of nitrogens with zero attached hydrogens (tertiary/aromatic N) is 1. The molecule has 0 bridgehead atoms. The molecule has 0 aliphatic carbocycles. The minimum Gasteiger partial charge on any atom is -0.370 e. The zero-order chi connectivity index (χ0) is 16.7. The number of nitrogens with one attached hydrogen (secondary N) is 1. The molecule has 2 rings (SSSR count). The molecular weight excluding hydrogens is 399 g/mol. The van der Waals surface area contributed by atoms with Gasteiger partial charge in [0.05, 0.1) is 0 Å². The van der Waals surface area contributed by atoms with Gasteiger partial charge in [-0.05, 0) is 37.5 Å². The SMILES string of the molecule is C=C(/C=C\C=C/C)NC(=O)[C@H](I)CN1CCCc2ccccc21. The Bertz CT molecular complexity index is 622. The van der Waals surface area contributed by atoms with Crippen LogP contribution < -0.4 is 10.2 Å². The van der Waals surface area contributed by atoms with Crippen molar-refractivity contribution in [2.75, 3.05) is 18.0 Å². The molecule has 1 aromatic rings. The Labute approximate surface area is 152 Å². The summed E-state index contributed by atoms with van der Waals surface area (Å²) >= 11 is 2.21. The van der Waals surface area contributed by atoms with Gasteiger partial charge in [-0.25, -0.2) is 0 Å². The lowest BCUT2D eigenvalue weighted by atomic mass is 10.0. The number of anilines is 1. The van der Waals surface area contributed by atoms with E-state index >= 15 is 0 Å². The quantitative estimate of drug-likeness (QED) is 0.427. The van der Waals surface area contributed by atoms with Crippen LogP contribution in [0.2, 0.25) is 0 Å². The van der Waals surface area contributed by atoms with Gasteiger partial charge in [-0.15, -0.1) is 0 Å². The number of carbonyl (C=O) groups excluding carboxylic acids is 1. The van der Waals surface area contributed by atoms with Gasteiger partial charge in [0.2, 0.25) is 5.91 Å². The minimum atomic E-state index is -0.120. The van der Waals surface area contributed by atoms with Gasteiger partial charge in [-0.3, -0.25) is 4.79 Å². The fourth-order valence-electron chi connectivity index (χ4n) is 2.64. The largest absolute Gasteiger partial charge is 0.370 e. The van der Waals surface area contributed by atoms with Crippen LogP contribution in [0.5, 0.6) is 0 Å². The molecule has 0 fully saturated rings. The summed E-state index contributed by atoms with van der Waals surface area (Å²) in [6.45, 7) is 7.53. The van der Waals surface area contributed by atoms with Crippen LogP contribution in [0.1, 0.15) is 18.9 Å². The summed E-state index contributed by atoms with van der Waals surface area (Å²) in [5.41, 5.74) is 3.26. The number of carbonyl (C=O) groups is 1. The number of rotatable bonds is 6. The Hall–Kier alpha value is -1.56. The normalized spacial score (nSPS) is 15.7. The number of para-hydroxylation sites is 1. The monoisotopic (exact) mass is 422 g/mol. The third-order valence-electron chi connectivity index (χ3n) is 3.76.